The van der Waals surface area contributed by atoms with Gasteiger partial charge in [0.2, 0.25) is 0 Å². The maximum atomic E-state index is 12.1. The molecular formula is C22H34O. The molecule has 0 heterocycles. The van der Waals surface area contributed by atoms with Gasteiger partial charge in [0.15, 0.2) is 5.78 Å². The molecule has 4 rings (SSSR count). The summed E-state index contributed by atoms with van der Waals surface area (Å²) in [6, 6.07) is 0. The van der Waals surface area contributed by atoms with Crippen LogP contribution in [0.5, 0.6) is 0 Å². The normalized spacial score (nSPS) is 55.7. The molecule has 8 atom stereocenters. The van der Waals surface area contributed by atoms with E-state index in [9.17, 15) is 4.79 Å². The second kappa shape index (κ2) is 4.96. The second-order valence-corrected chi connectivity index (χ2v) is 9.94. The Balaban J connectivity index is 1.78. The molecule has 0 aromatic carbocycles. The third-order valence-electron chi connectivity index (χ3n) is 9.38. The van der Waals surface area contributed by atoms with Gasteiger partial charge in [-0.1, -0.05) is 40.2 Å². The number of carbonyl (C=O) groups is 1. The molecule has 0 aromatic rings. The van der Waals surface area contributed by atoms with Crippen LogP contribution in [0, 0.1) is 46.3 Å². The monoisotopic (exact) mass is 314 g/mol. The Labute approximate surface area is 142 Å². The van der Waals surface area contributed by atoms with Crippen molar-refractivity contribution in [2.45, 2.75) is 73.1 Å². The highest BCUT2D eigenvalue weighted by molar-refractivity contribution is 5.91. The predicted octanol–water partition coefficient (Wildman–Crippen LogP) is 5.65. The van der Waals surface area contributed by atoms with E-state index >= 15 is 0 Å². The van der Waals surface area contributed by atoms with Crippen molar-refractivity contribution in [2.24, 2.45) is 46.3 Å². The Hall–Kier alpha value is -0.590. The third kappa shape index (κ3) is 1.94. The lowest BCUT2D eigenvalue weighted by Crippen LogP contribution is -2.55. The van der Waals surface area contributed by atoms with E-state index in [4.69, 9.17) is 0 Å². The van der Waals surface area contributed by atoms with E-state index in [1.807, 2.05) is 0 Å². The molecule has 128 valence electrons. The minimum atomic E-state index is 0.303. The van der Waals surface area contributed by atoms with E-state index in [2.05, 4.69) is 40.7 Å². The highest BCUT2D eigenvalue weighted by Crippen LogP contribution is 2.68. The quantitative estimate of drug-likeness (QED) is 0.565. The van der Waals surface area contributed by atoms with E-state index in [0.29, 0.717) is 22.5 Å². The fourth-order valence-corrected chi connectivity index (χ4v) is 7.54. The summed E-state index contributed by atoms with van der Waals surface area (Å²) in [5.41, 5.74) is 2.40. The molecule has 0 spiro atoms. The Bertz CT molecular complexity index is 560. The number of ketones is 1. The lowest BCUT2D eigenvalue weighted by molar-refractivity contribution is -0.120. The van der Waals surface area contributed by atoms with E-state index in [0.717, 1.165) is 42.4 Å². The molecule has 0 radical (unpaired) electrons. The van der Waals surface area contributed by atoms with E-state index in [1.54, 1.807) is 0 Å². The topological polar surface area (TPSA) is 17.1 Å². The molecular weight excluding hydrogens is 280 g/mol. The van der Waals surface area contributed by atoms with Gasteiger partial charge in [-0.3, -0.25) is 4.79 Å². The minimum Gasteiger partial charge on any atom is -0.295 e. The largest absolute Gasteiger partial charge is 0.295 e. The summed E-state index contributed by atoms with van der Waals surface area (Å²) in [7, 11) is 0. The number of rotatable bonds is 0. The van der Waals surface area contributed by atoms with Gasteiger partial charge in [0.25, 0.3) is 0 Å². The standard InChI is InChI=1S/C22H34O/c1-13-6-7-17-20-15(3)14(2)19-12-16(23)8-10-22(19,5)18(20)9-11-21(13,17)4/h12-15,17-18,20H,6-11H2,1-5H3/t13-,14-,15-,17?,18?,20?,21+,22+/m0/s1. The van der Waals surface area contributed by atoms with Crippen molar-refractivity contribution in [3.63, 3.8) is 0 Å². The SMILES string of the molecule is C[C@@H]1C2=CC(=O)CC[C@]2(C)C2CC[C@@]3(C)C(CC[C@@H]3C)C2[C@H]1C. The maximum Gasteiger partial charge on any atom is 0.155 e. The molecule has 3 fully saturated rings. The fourth-order valence-electron chi connectivity index (χ4n) is 7.54. The van der Waals surface area contributed by atoms with Gasteiger partial charge in [-0.05, 0) is 84.5 Å². The zero-order valence-corrected chi connectivity index (χ0v) is 15.7. The van der Waals surface area contributed by atoms with E-state index in [1.165, 1.54) is 31.3 Å². The lowest BCUT2D eigenvalue weighted by Gasteiger charge is -2.62. The van der Waals surface area contributed by atoms with Crippen LogP contribution in [0.2, 0.25) is 0 Å². The van der Waals surface area contributed by atoms with Crippen molar-refractivity contribution < 1.29 is 4.79 Å². The van der Waals surface area contributed by atoms with Gasteiger partial charge in [0.1, 0.15) is 0 Å². The molecule has 0 aliphatic heterocycles. The van der Waals surface area contributed by atoms with Crippen molar-refractivity contribution in [2.75, 3.05) is 0 Å². The Morgan fingerprint density at radius 2 is 1.74 bits per heavy atom. The first kappa shape index (κ1) is 15.9. The van der Waals surface area contributed by atoms with Crippen LogP contribution >= 0.6 is 0 Å². The molecule has 0 aromatic heterocycles. The van der Waals surface area contributed by atoms with Gasteiger partial charge in [0.05, 0.1) is 0 Å². The number of hydrogen-bond acceptors (Lipinski definition) is 1. The molecule has 4 aliphatic carbocycles. The van der Waals surface area contributed by atoms with Crippen molar-refractivity contribution in [1.29, 1.82) is 0 Å². The summed E-state index contributed by atoms with van der Waals surface area (Å²) in [6.07, 6.45) is 9.63. The van der Waals surface area contributed by atoms with Gasteiger partial charge in [-0.25, -0.2) is 0 Å². The van der Waals surface area contributed by atoms with Gasteiger partial charge in [0, 0.05) is 6.42 Å². The zero-order chi connectivity index (χ0) is 16.6. The number of fused-ring (bicyclic) bond motifs is 5. The first-order valence-electron chi connectivity index (χ1n) is 10.0. The van der Waals surface area contributed by atoms with Crippen LogP contribution in [0.3, 0.4) is 0 Å². The predicted molar refractivity (Wildman–Crippen MR) is 95.0 cm³/mol. The molecule has 3 unspecified atom stereocenters. The average molecular weight is 315 g/mol. The number of allylic oxidation sites excluding steroid dienone is 1. The first-order valence-corrected chi connectivity index (χ1v) is 10.0. The summed E-state index contributed by atoms with van der Waals surface area (Å²) < 4.78 is 0. The summed E-state index contributed by atoms with van der Waals surface area (Å²) in [5.74, 6) is 5.22. The smallest absolute Gasteiger partial charge is 0.155 e. The molecule has 0 N–H and O–H groups in total. The minimum absolute atomic E-state index is 0.303. The van der Waals surface area contributed by atoms with Gasteiger partial charge < -0.3 is 0 Å². The summed E-state index contributed by atoms with van der Waals surface area (Å²) >= 11 is 0. The summed E-state index contributed by atoms with van der Waals surface area (Å²) in [4.78, 5) is 12.1. The molecule has 0 bridgehead atoms. The van der Waals surface area contributed by atoms with Crippen molar-refractivity contribution in [1.82, 2.24) is 0 Å². The van der Waals surface area contributed by atoms with Crippen LogP contribution in [0.4, 0.5) is 0 Å². The molecule has 1 nitrogen and oxygen atoms in total. The van der Waals surface area contributed by atoms with Crippen LogP contribution in [0.15, 0.2) is 11.6 Å². The van der Waals surface area contributed by atoms with Crippen LogP contribution in [0.1, 0.15) is 73.1 Å². The number of carbonyl (C=O) groups excluding carboxylic acids is 1. The Morgan fingerprint density at radius 3 is 2.48 bits per heavy atom. The maximum absolute atomic E-state index is 12.1. The van der Waals surface area contributed by atoms with Crippen LogP contribution in [-0.2, 0) is 4.79 Å². The van der Waals surface area contributed by atoms with E-state index in [-0.39, 0.29) is 0 Å². The Morgan fingerprint density at radius 1 is 1.00 bits per heavy atom. The molecule has 23 heavy (non-hydrogen) atoms. The first-order chi connectivity index (χ1) is 10.8. The molecule has 0 amide bonds. The summed E-state index contributed by atoms with van der Waals surface area (Å²) in [5, 5.41) is 0. The van der Waals surface area contributed by atoms with Gasteiger partial charge in [-0.15, -0.1) is 0 Å². The van der Waals surface area contributed by atoms with Crippen molar-refractivity contribution >= 4 is 5.78 Å². The Kier molecular flexibility index (Phi) is 3.43. The summed E-state index contributed by atoms with van der Waals surface area (Å²) in [6.45, 7) is 12.5. The second-order valence-electron chi connectivity index (χ2n) is 9.94. The van der Waals surface area contributed by atoms with Crippen LogP contribution < -0.4 is 0 Å². The lowest BCUT2D eigenvalue weighted by atomic mass is 9.43. The molecule has 0 saturated heterocycles. The highest BCUT2D eigenvalue weighted by Gasteiger charge is 2.61. The van der Waals surface area contributed by atoms with E-state index < -0.39 is 0 Å². The van der Waals surface area contributed by atoms with Crippen LogP contribution in [0.25, 0.3) is 0 Å². The third-order valence-corrected chi connectivity index (χ3v) is 9.38. The fraction of sp³-hybridized carbons (Fsp3) is 0.864. The van der Waals surface area contributed by atoms with Crippen molar-refractivity contribution in [3.05, 3.63) is 11.6 Å². The number of hydrogen-bond donors (Lipinski definition) is 0. The molecule has 1 heteroatoms. The highest BCUT2D eigenvalue weighted by atomic mass is 16.1. The zero-order valence-electron chi connectivity index (χ0n) is 15.7. The average Bonchev–Trinajstić information content (AvgIpc) is 2.82. The van der Waals surface area contributed by atoms with Gasteiger partial charge >= 0.3 is 0 Å². The van der Waals surface area contributed by atoms with Crippen LogP contribution in [-0.4, -0.2) is 5.78 Å². The van der Waals surface area contributed by atoms with Gasteiger partial charge in [-0.2, -0.15) is 0 Å². The molecule has 3 saturated carbocycles. The molecule has 4 aliphatic rings. The van der Waals surface area contributed by atoms with Crippen molar-refractivity contribution in [3.8, 4) is 0 Å².